The van der Waals surface area contributed by atoms with Crippen LogP contribution in [0.25, 0.3) is 0 Å². The Morgan fingerprint density at radius 1 is 0.821 bits per heavy atom. The smallest absolute Gasteiger partial charge is 0.194 e. The lowest BCUT2D eigenvalue weighted by Gasteiger charge is -2.32. The molecular formula is C24H35F3O. The molecule has 4 heteroatoms. The second-order valence-corrected chi connectivity index (χ2v) is 8.99. The molecule has 0 radical (unpaired) electrons. The summed E-state index contributed by atoms with van der Waals surface area (Å²) in [5.41, 5.74) is 0.580. The summed E-state index contributed by atoms with van der Waals surface area (Å²) in [5.74, 6) is -1.82. The SMILES string of the molecule is CCCCCC1CCC(COC2CCC(c3cc(F)c(F)c(F)c3)CC2)CC1. The van der Waals surface area contributed by atoms with Gasteiger partial charge in [0.15, 0.2) is 17.5 Å². The standard InChI is InChI=1S/C24H35F3O/c1-2-3-4-5-17-6-8-18(9-7-17)16-28-21-12-10-19(11-13-21)20-14-22(25)24(27)23(26)15-20/h14-15,17-19,21H,2-13,16H2,1H3. The topological polar surface area (TPSA) is 9.23 Å². The highest BCUT2D eigenvalue weighted by molar-refractivity contribution is 5.23. The van der Waals surface area contributed by atoms with Gasteiger partial charge in [-0.15, -0.1) is 0 Å². The first kappa shape index (κ1) is 21.7. The molecule has 0 spiro atoms. The van der Waals surface area contributed by atoms with Crippen molar-refractivity contribution in [2.45, 2.75) is 96.0 Å². The number of hydrogen-bond donors (Lipinski definition) is 0. The van der Waals surface area contributed by atoms with E-state index in [1.807, 2.05) is 0 Å². The normalized spacial score (nSPS) is 28.4. The summed E-state index contributed by atoms with van der Waals surface area (Å²) in [6.07, 6.45) is 14.5. The molecule has 2 fully saturated rings. The molecule has 2 saturated carbocycles. The average molecular weight is 397 g/mol. The van der Waals surface area contributed by atoms with Gasteiger partial charge in [0.1, 0.15) is 0 Å². The highest BCUT2D eigenvalue weighted by atomic mass is 19.2. The van der Waals surface area contributed by atoms with E-state index in [1.165, 1.54) is 51.4 Å². The molecule has 3 rings (SSSR count). The molecule has 2 aliphatic carbocycles. The van der Waals surface area contributed by atoms with Crippen molar-refractivity contribution in [2.75, 3.05) is 6.61 Å². The van der Waals surface area contributed by atoms with Gasteiger partial charge in [-0.2, -0.15) is 0 Å². The zero-order chi connectivity index (χ0) is 19.9. The van der Waals surface area contributed by atoms with E-state index in [0.717, 1.165) is 50.3 Å². The van der Waals surface area contributed by atoms with E-state index in [2.05, 4.69) is 6.92 Å². The van der Waals surface area contributed by atoms with Gasteiger partial charge in [0.2, 0.25) is 0 Å². The van der Waals surface area contributed by atoms with E-state index in [9.17, 15) is 13.2 Å². The number of unbranched alkanes of at least 4 members (excludes halogenated alkanes) is 2. The van der Waals surface area contributed by atoms with Crippen LogP contribution >= 0.6 is 0 Å². The van der Waals surface area contributed by atoms with Gasteiger partial charge in [0.25, 0.3) is 0 Å². The van der Waals surface area contributed by atoms with E-state index >= 15 is 0 Å². The van der Waals surface area contributed by atoms with Crippen molar-refractivity contribution >= 4 is 0 Å². The van der Waals surface area contributed by atoms with Crippen LogP contribution in [0.2, 0.25) is 0 Å². The van der Waals surface area contributed by atoms with Crippen LogP contribution in [0.3, 0.4) is 0 Å². The van der Waals surface area contributed by atoms with Crippen LogP contribution in [0, 0.1) is 29.3 Å². The van der Waals surface area contributed by atoms with E-state index in [4.69, 9.17) is 4.74 Å². The van der Waals surface area contributed by atoms with Gasteiger partial charge in [-0.1, -0.05) is 45.4 Å². The molecule has 0 atom stereocenters. The van der Waals surface area contributed by atoms with Crippen molar-refractivity contribution < 1.29 is 17.9 Å². The van der Waals surface area contributed by atoms with Gasteiger partial charge in [-0.25, -0.2) is 13.2 Å². The van der Waals surface area contributed by atoms with Gasteiger partial charge in [-0.05, 0) is 74.0 Å². The van der Waals surface area contributed by atoms with E-state index in [1.54, 1.807) is 0 Å². The predicted octanol–water partition coefficient (Wildman–Crippen LogP) is 7.53. The zero-order valence-corrected chi connectivity index (χ0v) is 17.2. The van der Waals surface area contributed by atoms with Crippen LogP contribution in [0.5, 0.6) is 0 Å². The number of halogens is 3. The Labute approximate surface area is 168 Å². The fourth-order valence-corrected chi connectivity index (χ4v) is 5.02. The molecule has 0 aliphatic heterocycles. The second kappa shape index (κ2) is 10.7. The minimum Gasteiger partial charge on any atom is -0.378 e. The molecule has 28 heavy (non-hydrogen) atoms. The molecule has 0 heterocycles. The van der Waals surface area contributed by atoms with Crippen LogP contribution < -0.4 is 0 Å². The van der Waals surface area contributed by atoms with Crippen molar-refractivity contribution in [1.29, 1.82) is 0 Å². The molecule has 0 bridgehead atoms. The maximum absolute atomic E-state index is 13.5. The maximum atomic E-state index is 13.5. The Morgan fingerprint density at radius 3 is 2.04 bits per heavy atom. The first-order valence-corrected chi connectivity index (χ1v) is 11.3. The lowest BCUT2D eigenvalue weighted by molar-refractivity contribution is -0.00486. The summed E-state index contributed by atoms with van der Waals surface area (Å²) in [4.78, 5) is 0. The van der Waals surface area contributed by atoms with Crippen LogP contribution in [-0.2, 0) is 4.74 Å². The van der Waals surface area contributed by atoms with Gasteiger partial charge in [-0.3, -0.25) is 0 Å². The molecular weight excluding hydrogens is 361 g/mol. The highest BCUT2D eigenvalue weighted by Gasteiger charge is 2.26. The fraction of sp³-hybridized carbons (Fsp3) is 0.750. The van der Waals surface area contributed by atoms with Crippen molar-refractivity contribution in [1.82, 2.24) is 0 Å². The molecule has 0 aromatic heterocycles. The third-order valence-corrected chi connectivity index (χ3v) is 6.90. The first-order chi connectivity index (χ1) is 13.6. The Bertz CT molecular complexity index is 579. The summed E-state index contributed by atoms with van der Waals surface area (Å²) in [6, 6.07) is 2.31. The largest absolute Gasteiger partial charge is 0.378 e. The third-order valence-electron chi connectivity index (χ3n) is 6.90. The van der Waals surface area contributed by atoms with Crippen LogP contribution in [0.1, 0.15) is 95.5 Å². The zero-order valence-electron chi connectivity index (χ0n) is 17.2. The lowest BCUT2D eigenvalue weighted by Crippen LogP contribution is -2.25. The van der Waals surface area contributed by atoms with Gasteiger partial charge in [0, 0.05) is 6.61 Å². The van der Waals surface area contributed by atoms with Gasteiger partial charge in [0.05, 0.1) is 6.10 Å². The highest BCUT2D eigenvalue weighted by Crippen LogP contribution is 2.36. The number of rotatable bonds is 8. The number of benzene rings is 1. The molecule has 0 amide bonds. The molecule has 2 aliphatic rings. The van der Waals surface area contributed by atoms with Gasteiger partial charge >= 0.3 is 0 Å². The lowest BCUT2D eigenvalue weighted by atomic mass is 9.80. The number of ether oxygens (including phenoxy) is 1. The Hall–Kier alpha value is -1.03. The molecule has 0 saturated heterocycles. The first-order valence-electron chi connectivity index (χ1n) is 11.3. The summed E-state index contributed by atoms with van der Waals surface area (Å²) in [5, 5.41) is 0. The van der Waals surface area contributed by atoms with Crippen molar-refractivity contribution in [3.63, 3.8) is 0 Å². The Kier molecular flexibility index (Phi) is 8.25. The summed E-state index contributed by atoms with van der Waals surface area (Å²) < 4.78 is 46.3. The average Bonchev–Trinajstić information content (AvgIpc) is 2.71. The van der Waals surface area contributed by atoms with E-state index < -0.39 is 17.5 Å². The van der Waals surface area contributed by atoms with Crippen LogP contribution in [-0.4, -0.2) is 12.7 Å². The van der Waals surface area contributed by atoms with Crippen molar-refractivity contribution in [3.8, 4) is 0 Å². The minimum absolute atomic E-state index is 0.100. The quantitative estimate of drug-likeness (QED) is 0.326. The number of hydrogen-bond acceptors (Lipinski definition) is 1. The summed E-state index contributed by atoms with van der Waals surface area (Å²) >= 11 is 0. The van der Waals surface area contributed by atoms with Crippen LogP contribution in [0.15, 0.2) is 12.1 Å². The Morgan fingerprint density at radius 2 is 1.43 bits per heavy atom. The molecule has 1 aromatic rings. The summed E-state index contributed by atoms with van der Waals surface area (Å²) in [7, 11) is 0. The summed E-state index contributed by atoms with van der Waals surface area (Å²) in [6.45, 7) is 3.12. The molecule has 1 aromatic carbocycles. The Balaban J connectivity index is 1.35. The third kappa shape index (κ3) is 5.98. The fourth-order valence-electron chi connectivity index (χ4n) is 5.02. The maximum Gasteiger partial charge on any atom is 0.194 e. The van der Waals surface area contributed by atoms with Crippen molar-refractivity contribution in [3.05, 3.63) is 35.1 Å². The minimum atomic E-state index is -1.37. The predicted molar refractivity (Wildman–Crippen MR) is 107 cm³/mol. The van der Waals surface area contributed by atoms with E-state index in [-0.39, 0.29) is 12.0 Å². The molecule has 0 N–H and O–H groups in total. The molecule has 0 unspecified atom stereocenters. The molecule has 1 nitrogen and oxygen atoms in total. The monoisotopic (exact) mass is 396 g/mol. The van der Waals surface area contributed by atoms with Gasteiger partial charge < -0.3 is 4.74 Å². The van der Waals surface area contributed by atoms with E-state index in [0.29, 0.717) is 11.5 Å². The second-order valence-electron chi connectivity index (χ2n) is 8.99. The molecule has 158 valence electrons. The van der Waals surface area contributed by atoms with Crippen molar-refractivity contribution in [2.24, 2.45) is 11.8 Å². The van der Waals surface area contributed by atoms with Crippen LogP contribution in [0.4, 0.5) is 13.2 Å².